The monoisotopic (exact) mass is 271 g/mol. The van der Waals surface area contributed by atoms with Crippen molar-refractivity contribution in [2.75, 3.05) is 0 Å². The number of rotatable bonds is 4. The summed E-state index contributed by atoms with van der Waals surface area (Å²) in [6.45, 7) is 2.22. The van der Waals surface area contributed by atoms with E-state index in [0.29, 0.717) is 12.1 Å². The first-order valence-electron chi connectivity index (χ1n) is 6.41. The Kier molecular flexibility index (Phi) is 4.25. The van der Waals surface area contributed by atoms with Crippen LogP contribution in [0.15, 0.2) is 48.5 Å². The lowest BCUT2D eigenvalue weighted by molar-refractivity contribution is -0.122. The van der Waals surface area contributed by atoms with E-state index < -0.39 is 5.92 Å². The second-order valence-electron chi connectivity index (χ2n) is 4.67. The van der Waals surface area contributed by atoms with Gasteiger partial charge in [-0.1, -0.05) is 36.4 Å². The molecule has 4 nitrogen and oxygen atoms in total. The smallest absolute Gasteiger partial charge is 0.227 e. The molecule has 4 heteroatoms. The van der Waals surface area contributed by atoms with Crippen LogP contribution in [0, 0.1) is 0 Å². The highest BCUT2D eigenvalue weighted by molar-refractivity contribution is 5.83. The number of carbonyl (C=O) groups is 1. The van der Waals surface area contributed by atoms with Gasteiger partial charge in [0.05, 0.1) is 5.92 Å². The van der Waals surface area contributed by atoms with Crippen molar-refractivity contribution in [2.45, 2.75) is 19.4 Å². The average molecular weight is 271 g/mol. The summed E-state index contributed by atoms with van der Waals surface area (Å²) in [5, 5.41) is 21.6. The minimum absolute atomic E-state index is 0.126. The summed E-state index contributed by atoms with van der Waals surface area (Å²) >= 11 is 0. The van der Waals surface area contributed by atoms with Crippen molar-refractivity contribution in [2.24, 2.45) is 0 Å². The van der Waals surface area contributed by atoms with Gasteiger partial charge < -0.3 is 15.5 Å². The molecular weight excluding hydrogens is 254 g/mol. The second-order valence-corrected chi connectivity index (χ2v) is 4.67. The van der Waals surface area contributed by atoms with Gasteiger partial charge in [0.25, 0.3) is 0 Å². The van der Waals surface area contributed by atoms with Crippen LogP contribution in [0.3, 0.4) is 0 Å². The van der Waals surface area contributed by atoms with Crippen LogP contribution in [0.5, 0.6) is 11.5 Å². The van der Waals surface area contributed by atoms with Crippen LogP contribution in [0.4, 0.5) is 0 Å². The van der Waals surface area contributed by atoms with E-state index in [9.17, 15) is 15.0 Å². The van der Waals surface area contributed by atoms with E-state index in [1.807, 2.05) is 30.3 Å². The summed E-state index contributed by atoms with van der Waals surface area (Å²) in [4.78, 5) is 12.1. The number of carbonyl (C=O) groups excluding carboxylic acids is 1. The molecule has 1 unspecified atom stereocenters. The number of benzene rings is 2. The molecule has 0 saturated carbocycles. The number of phenols is 2. The zero-order chi connectivity index (χ0) is 14.5. The van der Waals surface area contributed by atoms with Crippen LogP contribution in [0.25, 0.3) is 0 Å². The zero-order valence-corrected chi connectivity index (χ0v) is 11.2. The highest BCUT2D eigenvalue weighted by atomic mass is 16.3. The van der Waals surface area contributed by atoms with Crippen molar-refractivity contribution in [1.29, 1.82) is 0 Å². The number of aromatic hydroxyl groups is 2. The van der Waals surface area contributed by atoms with Crippen LogP contribution < -0.4 is 5.32 Å². The molecule has 0 fully saturated rings. The summed E-state index contributed by atoms with van der Waals surface area (Å²) < 4.78 is 0. The van der Waals surface area contributed by atoms with Crippen molar-refractivity contribution in [1.82, 2.24) is 5.32 Å². The fraction of sp³-hybridized carbons (Fsp3) is 0.188. The third kappa shape index (κ3) is 3.29. The number of hydrogen-bond donors (Lipinski definition) is 3. The number of nitrogens with one attached hydrogen (secondary N) is 1. The van der Waals surface area contributed by atoms with Crippen molar-refractivity contribution in [3.05, 3.63) is 59.7 Å². The van der Waals surface area contributed by atoms with Gasteiger partial charge in [0.1, 0.15) is 0 Å². The van der Waals surface area contributed by atoms with Crippen LogP contribution >= 0.6 is 0 Å². The summed E-state index contributed by atoms with van der Waals surface area (Å²) in [7, 11) is 0. The summed E-state index contributed by atoms with van der Waals surface area (Å²) in [5.41, 5.74) is 1.69. The molecule has 0 heterocycles. The van der Waals surface area contributed by atoms with E-state index in [2.05, 4.69) is 5.32 Å². The highest BCUT2D eigenvalue weighted by Gasteiger charge is 2.16. The van der Waals surface area contributed by atoms with E-state index >= 15 is 0 Å². The van der Waals surface area contributed by atoms with Crippen LogP contribution in [-0.2, 0) is 11.3 Å². The minimum atomic E-state index is -0.398. The normalized spacial score (nSPS) is 11.8. The maximum Gasteiger partial charge on any atom is 0.227 e. The van der Waals surface area contributed by atoms with Gasteiger partial charge in [-0.25, -0.2) is 0 Å². The summed E-state index contributed by atoms with van der Waals surface area (Å²) in [6.07, 6.45) is 0. The van der Waals surface area contributed by atoms with E-state index in [-0.39, 0.29) is 17.4 Å². The molecule has 0 aliphatic rings. The molecule has 2 aromatic carbocycles. The Morgan fingerprint density at radius 1 is 1.10 bits per heavy atom. The molecule has 0 radical (unpaired) electrons. The molecule has 20 heavy (non-hydrogen) atoms. The van der Waals surface area contributed by atoms with Gasteiger partial charge in [0, 0.05) is 6.54 Å². The lowest BCUT2D eigenvalue weighted by Gasteiger charge is -2.13. The Hall–Kier alpha value is -2.49. The Morgan fingerprint density at radius 3 is 2.45 bits per heavy atom. The maximum absolute atomic E-state index is 12.1. The molecule has 0 saturated heterocycles. The first-order chi connectivity index (χ1) is 9.58. The van der Waals surface area contributed by atoms with E-state index in [1.54, 1.807) is 13.0 Å². The Bertz CT molecular complexity index is 596. The largest absolute Gasteiger partial charge is 0.504 e. The minimum Gasteiger partial charge on any atom is -0.504 e. The standard InChI is InChI=1S/C16H17NO3/c1-11(13-7-8-14(18)15(19)9-13)16(20)17-10-12-5-3-2-4-6-12/h2-9,11,18-19H,10H2,1H3,(H,17,20). The van der Waals surface area contributed by atoms with Crippen molar-refractivity contribution in [3.8, 4) is 11.5 Å². The number of phenolic OH excluding ortho intramolecular Hbond substituents is 2. The molecule has 0 aliphatic heterocycles. The third-order valence-corrected chi connectivity index (χ3v) is 3.20. The van der Waals surface area contributed by atoms with E-state index in [0.717, 1.165) is 5.56 Å². The third-order valence-electron chi connectivity index (χ3n) is 3.20. The molecule has 2 rings (SSSR count). The SMILES string of the molecule is CC(C(=O)NCc1ccccc1)c1ccc(O)c(O)c1. The van der Waals surface area contributed by atoms with Gasteiger partial charge in [-0.3, -0.25) is 4.79 Å². The van der Waals surface area contributed by atoms with Crippen LogP contribution in [0.2, 0.25) is 0 Å². The van der Waals surface area contributed by atoms with Gasteiger partial charge in [0.2, 0.25) is 5.91 Å². The molecule has 0 bridgehead atoms. The fourth-order valence-corrected chi connectivity index (χ4v) is 1.90. The molecule has 104 valence electrons. The van der Waals surface area contributed by atoms with E-state index in [4.69, 9.17) is 0 Å². The Morgan fingerprint density at radius 2 is 1.80 bits per heavy atom. The molecule has 0 aliphatic carbocycles. The molecule has 1 amide bonds. The van der Waals surface area contributed by atoms with Crippen LogP contribution in [0.1, 0.15) is 24.0 Å². The average Bonchev–Trinajstić information content (AvgIpc) is 2.48. The van der Waals surface area contributed by atoms with E-state index in [1.165, 1.54) is 12.1 Å². The van der Waals surface area contributed by atoms with Gasteiger partial charge in [-0.2, -0.15) is 0 Å². The fourth-order valence-electron chi connectivity index (χ4n) is 1.90. The lowest BCUT2D eigenvalue weighted by atomic mass is 9.99. The van der Waals surface area contributed by atoms with Crippen molar-refractivity contribution >= 4 is 5.91 Å². The number of hydrogen-bond acceptors (Lipinski definition) is 3. The molecule has 2 aromatic rings. The maximum atomic E-state index is 12.1. The van der Waals surface area contributed by atoms with Gasteiger partial charge in [-0.15, -0.1) is 0 Å². The Balaban J connectivity index is 1.99. The van der Waals surface area contributed by atoms with Crippen LogP contribution in [-0.4, -0.2) is 16.1 Å². The van der Waals surface area contributed by atoms with Gasteiger partial charge in [-0.05, 0) is 30.2 Å². The molecule has 0 spiro atoms. The predicted molar refractivity (Wildman–Crippen MR) is 76.5 cm³/mol. The van der Waals surface area contributed by atoms with Crippen molar-refractivity contribution < 1.29 is 15.0 Å². The number of amides is 1. The molecule has 3 N–H and O–H groups in total. The molecule has 0 aromatic heterocycles. The predicted octanol–water partition coefficient (Wildman–Crippen LogP) is 2.52. The summed E-state index contributed by atoms with van der Waals surface area (Å²) in [5.74, 6) is -0.931. The summed E-state index contributed by atoms with van der Waals surface area (Å²) in [6, 6.07) is 14.1. The van der Waals surface area contributed by atoms with Gasteiger partial charge in [0.15, 0.2) is 11.5 Å². The molecule has 1 atom stereocenters. The topological polar surface area (TPSA) is 69.6 Å². The molecular formula is C16H17NO3. The highest BCUT2D eigenvalue weighted by Crippen LogP contribution is 2.28. The van der Waals surface area contributed by atoms with Gasteiger partial charge >= 0.3 is 0 Å². The second kappa shape index (κ2) is 6.10. The first kappa shape index (κ1) is 13.9. The van der Waals surface area contributed by atoms with Crippen molar-refractivity contribution in [3.63, 3.8) is 0 Å². The quantitative estimate of drug-likeness (QED) is 0.748. The lowest BCUT2D eigenvalue weighted by Crippen LogP contribution is -2.27. The Labute approximate surface area is 117 Å². The zero-order valence-electron chi connectivity index (χ0n) is 11.2. The first-order valence-corrected chi connectivity index (χ1v) is 6.41.